The van der Waals surface area contributed by atoms with E-state index in [4.69, 9.17) is 10.5 Å². The van der Waals surface area contributed by atoms with E-state index >= 15 is 0 Å². The monoisotopic (exact) mass is 246 g/mol. The zero-order valence-electron chi connectivity index (χ0n) is 10.8. The molecule has 1 aliphatic rings. The molecule has 96 valence electrons. The number of fused-ring (bicyclic) bond motifs is 1. The Balaban J connectivity index is 2.09. The maximum Gasteiger partial charge on any atom is 0.202 e. The number of ether oxygens (including phenoxy) is 1. The molecule has 0 saturated carbocycles. The van der Waals surface area contributed by atoms with Gasteiger partial charge in [-0.2, -0.15) is 0 Å². The average Bonchev–Trinajstić information content (AvgIpc) is 2.94. The van der Waals surface area contributed by atoms with E-state index in [1.54, 1.807) is 0 Å². The number of hydrogen-bond acceptors (Lipinski definition) is 4. The molecule has 1 aliphatic heterocycles. The summed E-state index contributed by atoms with van der Waals surface area (Å²) >= 11 is 0. The van der Waals surface area contributed by atoms with Crippen molar-refractivity contribution >= 4 is 17.1 Å². The number of imidazole rings is 1. The van der Waals surface area contributed by atoms with Gasteiger partial charge in [0, 0.05) is 12.3 Å². The standard InChI is InChI=1S/C13H18N4O/c1-8-5-6-10-12(15-8)17(13(14)16-10)9(2)11-4-3-7-18-11/h5-6,9,11H,3-4,7H2,1-2H3,(H2,14,16). The summed E-state index contributed by atoms with van der Waals surface area (Å²) in [4.78, 5) is 8.92. The SMILES string of the molecule is Cc1ccc2nc(N)n(C(C)C3CCCO3)c2n1. The fraction of sp³-hybridized carbons (Fsp3) is 0.538. The van der Waals surface area contributed by atoms with Crippen molar-refractivity contribution in [2.75, 3.05) is 12.3 Å². The van der Waals surface area contributed by atoms with Gasteiger partial charge in [-0.3, -0.25) is 4.57 Å². The second-order valence-corrected chi connectivity index (χ2v) is 4.93. The van der Waals surface area contributed by atoms with E-state index in [0.717, 1.165) is 36.3 Å². The Bertz CT molecular complexity index is 572. The first-order valence-electron chi connectivity index (χ1n) is 6.39. The van der Waals surface area contributed by atoms with Crippen LogP contribution >= 0.6 is 0 Å². The lowest BCUT2D eigenvalue weighted by Crippen LogP contribution is -2.22. The van der Waals surface area contributed by atoms with Crippen LogP contribution in [0.4, 0.5) is 5.95 Å². The highest BCUT2D eigenvalue weighted by molar-refractivity contribution is 5.74. The summed E-state index contributed by atoms with van der Waals surface area (Å²) in [6.07, 6.45) is 2.41. The highest BCUT2D eigenvalue weighted by Crippen LogP contribution is 2.29. The number of aromatic nitrogens is 3. The molecule has 2 unspecified atom stereocenters. The van der Waals surface area contributed by atoms with E-state index in [2.05, 4.69) is 16.9 Å². The summed E-state index contributed by atoms with van der Waals surface area (Å²) in [5, 5.41) is 0. The molecule has 18 heavy (non-hydrogen) atoms. The molecular formula is C13H18N4O. The summed E-state index contributed by atoms with van der Waals surface area (Å²) < 4.78 is 7.74. The van der Waals surface area contributed by atoms with E-state index < -0.39 is 0 Å². The molecule has 0 bridgehead atoms. The number of anilines is 1. The Kier molecular flexibility index (Phi) is 2.70. The Morgan fingerprint density at radius 1 is 1.44 bits per heavy atom. The quantitative estimate of drug-likeness (QED) is 0.880. The molecule has 2 aromatic heterocycles. The predicted molar refractivity (Wildman–Crippen MR) is 70.4 cm³/mol. The van der Waals surface area contributed by atoms with Gasteiger partial charge in [0.25, 0.3) is 0 Å². The first-order chi connectivity index (χ1) is 8.66. The van der Waals surface area contributed by atoms with E-state index in [9.17, 15) is 0 Å². The molecule has 2 atom stereocenters. The lowest BCUT2D eigenvalue weighted by atomic mass is 10.1. The van der Waals surface area contributed by atoms with Gasteiger partial charge >= 0.3 is 0 Å². The second kappa shape index (κ2) is 4.24. The number of pyridine rings is 1. The van der Waals surface area contributed by atoms with Gasteiger partial charge in [-0.1, -0.05) is 0 Å². The summed E-state index contributed by atoms with van der Waals surface area (Å²) in [5.41, 5.74) is 8.71. The van der Waals surface area contributed by atoms with E-state index in [1.165, 1.54) is 0 Å². The molecule has 2 aromatic rings. The van der Waals surface area contributed by atoms with Crippen LogP contribution in [0, 0.1) is 6.92 Å². The van der Waals surface area contributed by atoms with E-state index in [-0.39, 0.29) is 12.1 Å². The van der Waals surface area contributed by atoms with Crippen molar-refractivity contribution in [2.45, 2.75) is 38.8 Å². The number of nitrogens with zero attached hydrogens (tertiary/aromatic N) is 3. The smallest absolute Gasteiger partial charge is 0.202 e. The minimum Gasteiger partial charge on any atom is -0.376 e. The van der Waals surface area contributed by atoms with Crippen molar-refractivity contribution in [3.63, 3.8) is 0 Å². The number of hydrogen-bond donors (Lipinski definition) is 1. The van der Waals surface area contributed by atoms with Gasteiger partial charge in [0.2, 0.25) is 5.95 Å². The van der Waals surface area contributed by atoms with Crippen LogP contribution in [0.25, 0.3) is 11.2 Å². The van der Waals surface area contributed by atoms with Crippen molar-refractivity contribution in [1.82, 2.24) is 14.5 Å². The third-order valence-corrected chi connectivity index (χ3v) is 3.61. The molecule has 0 aromatic carbocycles. The third kappa shape index (κ3) is 1.75. The highest BCUT2D eigenvalue weighted by atomic mass is 16.5. The zero-order valence-corrected chi connectivity index (χ0v) is 10.8. The Morgan fingerprint density at radius 2 is 2.28 bits per heavy atom. The predicted octanol–water partition coefficient (Wildman–Crippen LogP) is 2.06. The zero-order chi connectivity index (χ0) is 12.7. The largest absolute Gasteiger partial charge is 0.376 e. The molecule has 1 fully saturated rings. The number of rotatable bonds is 2. The van der Waals surface area contributed by atoms with Crippen LogP contribution in [-0.2, 0) is 4.74 Å². The highest BCUT2D eigenvalue weighted by Gasteiger charge is 2.26. The molecule has 3 heterocycles. The molecule has 0 spiro atoms. The molecule has 3 rings (SSSR count). The lowest BCUT2D eigenvalue weighted by molar-refractivity contribution is 0.0750. The van der Waals surface area contributed by atoms with Crippen LogP contribution in [-0.4, -0.2) is 27.2 Å². The van der Waals surface area contributed by atoms with Crippen LogP contribution in [0.3, 0.4) is 0 Å². The van der Waals surface area contributed by atoms with Crippen molar-refractivity contribution in [3.8, 4) is 0 Å². The molecule has 2 N–H and O–H groups in total. The summed E-state index contributed by atoms with van der Waals surface area (Å²) in [6, 6.07) is 4.09. The molecule has 5 nitrogen and oxygen atoms in total. The molecule has 0 amide bonds. The number of aryl methyl sites for hydroxylation is 1. The van der Waals surface area contributed by atoms with Crippen LogP contribution in [0.15, 0.2) is 12.1 Å². The molecule has 5 heteroatoms. The Morgan fingerprint density at radius 3 is 3.00 bits per heavy atom. The molecule has 0 radical (unpaired) electrons. The van der Waals surface area contributed by atoms with Gasteiger partial charge in [0.1, 0.15) is 5.52 Å². The second-order valence-electron chi connectivity index (χ2n) is 4.93. The normalized spacial score (nSPS) is 21.6. The summed E-state index contributed by atoms with van der Waals surface area (Å²) in [7, 11) is 0. The topological polar surface area (TPSA) is 66.0 Å². The van der Waals surface area contributed by atoms with Crippen LogP contribution in [0.1, 0.15) is 31.5 Å². The average molecular weight is 246 g/mol. The van der Waals surface area contributed by atoms with Crippen molar-refractivity contribution in [2.24, 2.45) is 0 Å². The summed E-state index contributed by atoms with van der Waals surface area (Å²) in [5.74, 6) is 0.520. The first kappa shape index (κ1) is 11.5. The maximum absolute atomic E-state index is 6.03. The number of nitrogen functional groups attached to an aromatic ring is 1. The van der Waals surface area contributed by atoms with Gasteiger partial charge in [0.05, 0.1) is 12.1 Å². The lowest BCUT2D eigenvalue weighted by Gasteiger charge is -2.21. The Labute approximate surface area is 106 Å². The van der Waals surface area contributed by atoms with Gasteiger partial charge in [-0.05, 0) is 38.8 Å². The van der Waals surface area contributed by atoms with Crippen LogP contribution < -0.4 is 5.73 Å². The summed E-state index contributed by atoms with van der Waals surface area (Å²) in [6.45, 7) is 4.94. The van der Waals surface area contributed by atoms with Crippen molar-refractivity contribution < 1.29 is 4.74 Å². The molecule has 1 saturated heterocycles. The fourth-order valence-electron chi connectivity index (χ4n) is 2.64. The van der Waals surface area contributed by atoms with Gasteiger partial charge in [0.15, 0.2) is 5.65 Å². The van der Waals surface area contributed by atoms with Crippen molar-refractivity contribution in [1.29, 1.82) is 0 Å². The van der Waals surface area contributed by atoms with E-state index in [0.29, 0.717) is 5.95 Å². The molecule has 0 aliphatic carbocycles. The van der Waals surface area contributed by atoms with Crippen LogP contribution in [0.5, 0.6) is 0 Å². The first-order valence-corrected chi connectivity index (χ1v) is 6.39. The number of nitrogens with two attached hydrogens (primary N) is 1. The van der Waals surface area contributed by atoms with Gasteiger partial charge < -0.3 is 10.5 Å². The minimum absolute atomic E-state index is 0.173. The van der Waals surface area contributed by atoms with Gasteiger partial charge in [-0.25, -0.2) is 9.97 Å². The van der Waals surface area contributed by atoms with Gasteiger partial charge in [-0.15, -0.1) is 0 Å². The Hall–Kier alpha value is -1.62. The van der Waals surface area contributed by atoms with Crippen LogP contribution in [0.2, 0.25) is 0 Å². The minimum atomic E-state index is 0.173. The third-order valence-electron chi connectivity index (χ3n) is 3.61. The van der Waals surface area contributed by atoms with E-state index in [1.807, 2.05) is 23.6 Å². The molecular weight excluding hydrogens is 228 g/mol. The maximum atomic E-state index is 6.03. The van der Waals surface area contributed by atoms with Crippen molar-refractivity contribution in [3.05, 3.63) is 17.8 Å². The fourth-order valence-corrected chi connectivity index (χ4v) is 2.64.